The molecular formula is C54H70N2O10. The maximum atomic E-state index is 11.1. The smallest absolute Gasteiger partial charge is 0.330 e. The number of nitrogens with zero attached hydrogens (tertiary/aromatic N) is 2. The van der Waals surface area contributed by atoms with Crippen molar-refractivity contribution in [3.05, 3.63) is 122 Å². The normalized spacial score (nSPS) is 14.6. The zero-order valence-corrected chi connectivity index (χ0v) is 38.8. The van der Waals surface area contributed by atoms with E-state index in [1.54, 1.807) is 12.4 Å². The summed E-state index contributed by atoms with van der Waals surface area (Å²) in [4.78, 5) is 31.4. The molecule has 356 valence electrons. The number of benzene rings is 2. The Morgan fingerprint density at radius 1 is 0.485 bits per heavy atom. The summed E-state index contributed by atoms with van der Waals surface area (Å²) in [5.41, 5.74) is 5.77. The Hall–Kier alpha value is -5.40. The molecule has 0 N–H and O–H groups in total. The van der Waals surface area contributed by atoms with E-state index in [0.717, 1.165) is 109 Å². The highest BCUT2D eigenvalue weighted by molar-refractivity contribution is 5.81. The Labute approximate surface area is 392 Å². The highest BCUT2D eigenvalue weighted by Crippen LogP contribution is 2.24. The van der Waals surface area contributed by atoms with Crippen LogP contribution in [0.3, 0.4) is 0 Å². The molecule has 3 heterocycles. The number of pyridine rings is 2. The Kier molecular flexibility index (Phi) is 24.6. The maximum Gasteiger partial charge on any atom is 0.330 e. The molecule has 5 rings (SSSR count). The van der Waals surface area contributed by atoms with Crippen LogP contribution in [0.5, 0.6) is 11.5 Å². The zero-order chi connectivity index (χ0) is 46.3. The van der Waals surface area contributed by atoms with Crippen LogP contribution in [0, 0.1) is 0 Å². The second-order valence-electron chi connectivity index (χ2n) is 16.3. The summed E-state index contributed by atoms with van der Waals surface area (Å²) in [6, 6.07) is 24.2. The summed E-state index contributed by atoms with van der Waals surface area (Å²) >= 11 is 0. The van der Waals surface area contributed by atoms with Crippen molar-refractivity contribution in [2.24, 2.45) is 0 Å². The first kappa shape index (κ1) is 51.6. The van der Waals surface area contributed by atoms with Gasteiger partial charge in [-0.2, -0.15) is 0 Å². The van der Waals surface area contributed by atoms with E-state index in [-0.39, 0.29) is 11.9 Å². The molecule has 1 saturated heterocycles. The molecule has 2 atom stereocenters. The highest BCUT2D eigenvalue weighted by Gasteiger charge is 2.29. The van der Waals surface area contributed by atoms with Gasteiger partial charge in [0.15, 0.2) is 0 Å². The van der Waals surface area contributed by atoms with Crippen LogP contribution in [0.15, 0.2) is 111 Å². The quantitative estimate of drug-likeness (QED) is 0.0251. The molecule has 0 aliphatic carbocycles. The third kappa shape index (κ3) is 20.4. The molecule has 0 radical (unpaired) electrons. The highest BCUT2D eigenvalue weighted by atomic mass is 16.8. The Bertz CT molecular complexity index is 1810. The number of unbranched alkanes of at least 4 members (excludes halogenated alkanes) is 14. The van der Waals surface area contributed by atoms with E-state index in [4.69, 9.17) is 37.9 Å². The first-order chi connectivity index (χ1) is 32.5. The van der Waals surface area contributed by atoms with Crippen molar-refractivity contribution in [2.45, 2.75) is 129 Å². The van der Waals surface area contributed by atoms with E-state index in [9.17, 15) is 9.59 Å². The number of carbonyl (C=O) groups excluding carboxylic acids is 2. The van der Waals surface area contributed by atoms with Gasteiger partial charge in [0.1, 0.15) is 11.5 Å². The van der Waals surface area contributed by atoms with Crippen molar-refractivity contribution in [2.75, 3.05) is 39.6 Å². The van der Waals surface area contributed by atoms with Gasteiger partial charge in [0.25, 0.3) is 0 Å². The van der Waals surface area contributed by atoms with Gasteiger partial charge in [0.05, 0.1) is 76.6 Å². The zero-order valence-electron chi connectivity index (χ0n) is 38.8. The molecule has 4 aromatic rings. The van der Waals surface area contributed by atoms with Crippen molar-refractivity contribution in [3.8, 4) is 34.0 Å². The van der Waals surface area contributed by atoms with Crippen LogP contribution in [0.2, 0.25) is 0 Å². The topological polar surface area (TPSA) is 134 Å². The number of hydrogen-bond donors (Lipinski definition) is 0. The second kappa shape index (κ2) is 31.5. The lowest BCUT2D eigenvalue weighted by molar-refractivity contribution is -0.326. The minimum Gasteiger partial charge on any atom is -0.492 e. The second-order valence-corrected chi connectivity index (χ2v) is 16.3. The average Bonchev–Trinajstić information content (AvgIpc) is 3.36. The summed E-state index contributed by atoms with van der Waals surface area (Å²) in [7, 11) is 0. The third-order valence-corrected chi connectivity index (χ3v) is 11.1. The van der Waals surface area contributed by atoms with Gasteiger partial charge in [-0.3, -0.25) is 9.97 Å². The van der Waals surface area contributed by atoms with Gasteiger partial charge < -0.3 is 37.9 Å². The van der Waals surface area contributed by atoms with Crippen LogP contribution in [-0.2, 0) is 51.2 Å². The van der Waals surface area contributed by atoms with Gasteiger partial charge in [0.2, 0.25) is 12.6 Å². The van der Waals surface area contributed by atoms with E-state index in [0.29, 0.717) is 52.9 Å². The van der Waals surface area contributed by atoms with Crippen molar-refractivity contribution in [1.29, 1.82) is 0 Å². The fraction of sp³-hybridized carbons (Fsp3) is 0.481. The summed E-state index contributed by atoms with van der Waals surface area (Å²) in [6.07, 6.45) is 22.5. The number of aromatic nitrogens is 2. The van der Waals surface area contributed by atoms with E-state index in [1.165, 1.54) is 50.7 Å². The molecule has 0 amide bonds. The maximum absolute atomic E-state index is 11.1. The van der Waals surface area contributed by atoms with E-state index in [2.05, 4.69) is 23.1 Å². The molecule has 12 nitrogen and oxygen atoms in total. The lowest BCUT2D eigenvalue weighted by Gasteiger charge is -2.31. The largest absolute Gasteiger partial charge is 0.492 e. The molecule has 66 heavy (non-hydrogen) atoms. The van der Waals surface area contributed by atoms with Gasteiger partial charge in [-0.15, -0.1) is 0 Å². The first-order valence-electron chi connectivity index (χ1n) is 23.9. The number of carbonyl (C=O) groups is 2. The number of hydrogen-bond acceptors (Lipinski definition) is 12. The molecule has 0 unspecified atom stereocenters. The molecular weight excluding hydrogens is 837 g/mol. The fourth-order valence-corrected chi connectivity index (χ4v) is 7.29. The van der Waals surface area contributed by atoms with Crippen LogP contribution in [0.1, 0.15) is 114 Å². The molecule has 12 heteroatoms. The predicted molar refractivity (Wildman–Crippen MR) is 256 cm³/mol. The Balaban J connectivity index is 0.914. The minimum atomic E-state index is -0.653. The molecule has 0 spiro atoms. The monoisotopic (exact) mass is 907 g/mol. The average molecular weight is 907 g/mol. The van der Waals surface area contributed by atoms with Gasteiger partial charge in [-0.25, -0.2) is 9.59 Å². The molecule has 0 bridgehead atoms. The Morgan fingerprint density at radius 2 is 0.833 bits per heavy atom. The lowest BCUT2D eigenvalue weighted by Crippen LogP contribution is -2.41. The summed E-state index contributed by atoms with van der Waals surface area (Å²) < 4.78 is 46.0. The standard InChI is InChI=1S/C54H70N2O10/c1-3-51(57)61-35-19-15-11-7-5-9-13-17-33-59-47-29-31-49(55-39-47)45-25-21-43(22-26-45)41-65-53-54(64-38-37-63-53)66-42-44-23-27-46(28-24-44)50-32-30-48(40-56-50)60-34-18-14-10-6-8-12-16-20-36-62-52(58)4-2/h3-4,21-32,39-40,53-54H,1-2,5-20,33-38,41-42H2/t53-,54-/m1/s1. The lowest BCUT2D eigenvalue weighted by atomic mass is 10.1. The van der Waals surface area contributed by atoms with Crippen molar-refractivity contribution >= 4 is 11.9 Å². The van der Waals surface area contributed by atoms with Crippen LogP contribution in [-0.4, -0.2) is 74.1 Å². The van der Waals surface area contributed by atoms with Gasteiger partial charge in [-0.05, 0) is 61.1 Å². The molecule has 1 aliphatic heterocycles. The van der Waals surface area contributed by atoms with Crippen molar-refractivity contribution in [3.63, 3.8) is 0 Å². The third-order valence-electron chi connectivity index (χ3n) is 11.1. The minimum absolute atomic E-state index is 0.343. The van der Waals surface area contributed by atoms with Crippen LogP contribution < -0.4 is 9.47 Å². The van der Waals surface area contributed by atoms with E-state index >= 15 is 0 Å². The van der Waals surface area contributed by atoms with E-state index < -0.39 is 12.6 Å². The first-order valence-corrected chi connectivity index (χ1v) is 23.9. The molecule has 2 aromatic heterocycles. The Morgan fingerprint density at radius 3 is 1.17 bits per heavy atom. The van der Waals surface area contributed by atoms with Gasteiger partial charge >= 0.3 is 11.9 Å². The summed E-state index contributed by atoms with van der Waals surface area (Å²) in [6.45, 7) is 10.7. The van der Waals surface area contributed by atoms with Crippen LogP contribution in [0.4, 0.5) is 0 Å². The molecule has 1 fully saturated rings. The number of esters is 2. The number of ether oxygens (including phenoxy) is 8. The van der Waals surface area contributed by atoms with E-state index in [1.807, 2.05) is 72.8 Å². The summed E-state index contributed by atoms with van der Waals surface area (Å²) in [5, 5.41) is 0. The molecule has 2 aromatic carbocycles. The molecule has 0 saturated carbocycles. The van der Waals surface area contributed by atoms with Crippen LogP contribution in [0.25, 0.3) is 22.5 Å². The van der Waals surface area contributed by atoms with Crippen molar-refractivity contribution in [1.82, 2.24) is 9.97 Å². The summed E-state index contributed by atoms with van der Waals surface area (Å²) in [5.74, 6) is 0.857. The fourth-order valence-electron chi connectivity index (χ4n) is 7.29. The van der Waals surface area contributed by atoms with Gasteiger partial charge in [-0.1, -0.05) is 139 Å². The SMILES string of the molecule is C=CC(=O)OCCCCCCCCCCOc1ccc(-c2ccc(CO[C@H]3OCCO[C@@H]3OCc3ccc(-c4ccc(OCCCCCCCCCCOC(=O)C=C)cn4)cc3)cc2)nc1. The molecule has 1 aliphatic rings. The van der Waals surface area contributed by atoms with Gasteiger partial charge in [0, 0.05) is 23.3 Å². The van der Waals surface area contributed by atoms with Crippen LogP contribution >= 0.6 is 0 Å². The predicted octanol–water partition coefficient (Wildman–Crippen LogP) is 11.7. The van der Waals surface area contributed by atoms with Crippen molar-refractivity contribution < 1.29 is 47.5 Å². The number of rotatable bonds is 34.